The highest BCUT2D eigenvalue weighted by Crippen LogP contribution is 2.44. The van der Waals surface area contributed by atoms with Crippen molar-refractivity contribution in [2.75, 3.05) is 19.7 Å². The van der Waals surface area contributed by atoms with E-state index in [-0.39, 0.29) is 31.5 Å². The number of nitrogens with zero attached hydrogens (tertiary/aromatic N) is 1. The standard InChI is InChI=1S/C27H34N2O5/c1-5-11-18(24(30)29(6-2)27(3,4)25(31)32)16-28-26(33)34-17-23-21-14-9-7-12-19(21)20-13-8-10-15-22(20)23/h7-10,12-15,18,23H,5-6,11,16-17H2,1-4H3,(H,28,33)(H,31,32). The molecule has 1 unspecified atom stereocenters. The van der Waals surface area contributed by atoms with Crippen LogP contribution in [0.5, 0.6) is 0 Å². The van der Waals surface area contributed by atoms with Crippen LogP contribution in [0.4, 0.5) is 4.79 Å². The van der Waals surface area contributed by atoms with E-state index in [1.165, 1.54) is 18.7 Å². The topological polar surface area (TPSA) is 95.9 Å². The van der Waals surface area contributed by atoms with Crippen molar-refractivity contribution in [3.05, 3.63) is 59.7 Å². The van der Waals surface area contributed by atoms with Gasteiger partial charge in [-0.25, -0.2) is 9.59 Å². The number of hydrogen-bond acceptors (Lipinski definition) is 4. The first-order valence-electron chi connectivity index (χ1n) is 11.9. The summed E-state index contributed by atoms with van der Waals surface area (Å²) in [5, 5.41) is 12.3. The van der Waals surface area contributed by atoms with E-state index in [0.717, 1.165) is 28.7 Å². The molecule has 0 saturated carbocycles. The highest BCUT2D eigenvalue weighted by molar-refractivity contribution is 5.88. The minimum atomic E-state index is -1.33. The van der Waals surface area contributed by atoms with E-state index >= 15 is 0 Å². The third-order valence-corrected chi connectivity index (χ3v) is 6.60. The lowest BCUT2D eigenvalue weighted by molar-refractivity contribution is -0.158. The van der Waals surface area contributed by atoms with Crippen LogP contribution >= 0.6 is 0 Å². The van der Waals surface area contributed by atoms with Crippen molar-refractivity contribution in [2.45, 2.75) is 52.0 Å². The Morgan fingerprint density at radius 2 is 1.59 bits per heavy atom. The maximum atomic E-state index is 13.1. The van der Waals surface area contributed by atoms with Gasteiger partial charge in [0.1, 0.15) is 12.1 Å². The molecule has 1 atom stereocenters. The van der Waals surface area contributed by atoms with Crippen molar-refractivity contribution in [1.29, 1.82) is 0 Å². The number of ether oxygens (including phenoxy) is 1. The van der Waals surface area contributed by atoms with Gasteiger partial charge in [0.15, 0.2) is 0 Å². The van der Waals surface area contributed by atoms with E-state index in [0.29, 0.717) is 6.42 Å². The SMILES string of the molecule is CCCC(CNC(=O)OCC1c2ccccc2-c2ccccc21)C(=O)N(CC)C(C)(C)C(=O)O. The number of aliphatic carboxylic acids is 1. The van der Waals surface area contributed by atoms with Gasteiger partial charge in [0.05, 0.1) is 5.92 Å². The molecular weight excluding hydrogens is 432 g/mol. The summed E-state index contributed by atoms with van der Waals surface area (Å²) >= 11 is 0. The molecule has 182 valence electrons. The van der Waals surface area contributed by atoms with E-state index < -0.39 is 23.5 Å². The number of amides is 2. The van der Waals surface area contributed by atoms with Crippen molar-refractivity contribution in [3.8, 4) is 11.1 Å². The number of carboxylic acid groups (broad SMARTS) is 1. The average Bonchev–Trinajstić information content (AvgIpc) is 3.14. The molecule has 1 aliphatic rings. The summed E-state index contributed by atoms with van der Waals surface area (Å²) in [6.45, 7) is 7.28. The number of nitrogens with one attached hydrogen (secondary N) is 1. The molecule has 0 aliphatic heterocycles. The van der Waals surface area contributed by atoms with Crippen molar-refractivity contribution in [1.82, 2.24) is 10.2 Å². The molecule has 34 heavy (non-hydrogen) atoms. The van der Waals surface area contributed by atoms with E-state index in [1.54, 1.807) is 6.92 Å². The van der Waals surface area contributed by atoms with Gasteiger partial charge in [0.25, 0.3) is 0 Å². The van der Waals surface area contributed by atoms with Crippen molar-refractivity contribution < 1.29 is 24.2 Å². The molecule has 7 heteroatoms. The number of fused-ring (bicyclic) bond motifs is 3. The van der Waals surface area contributed by atoms with Crippen molar-refractivity contribution in [3.63, 3.8) is 0 Å². The largest absolute Gasteiger partial charge is 0.480 e. The third-order valence-electron chi connectivity index (χ3n) is 6.60. The number of rotatable bonds is 10. The van der Waals surface area contributed by atoms with Crippen molar-refractivity contribution in [2.24, 2.45) is 5.92 Å². The van der Waals surface area contributed by atoms with Crippen LogP contribution in [0.25, 0.3) is 11.1 Å². The van der Waals surface area contributed by atoms with Crippen LogP contribution in [-0.2, 0) is 14.3 Å². The van der Waals surface area contributed by atoms with Gasteiger partial charge in [-0.15, -0.1) is 0 Å². The molecule has 7 nitrogen and oxygen atoms in total. The predicted molar refractivity (Wildman–Crippen MR) is 131 cm³/mol. The first kappa shape index (κ1) is 25.3. The fourth-order valence-electron chi connectivity index (χ4n) is 4.68. The minimum absolute atomic E-state index is 0.0434. The van der Waals surface area contributed by atoms with Gasteiger partial charge in [-0.3, -0.25) is 4.79 Å². The molecule has 0 heterocycles. The maximum absolute atomic E-state index is 13.1. The molecule has 2 N–H and O–H groups in total. The molecule has 2 amide bonds. The number of carbonyl (C=O) groups excluding carboxylic acids is 2. The van der Waals surface area contributed by atoms with Gasteiger partial charge in [0, 0.05) is 19.0 Å². The van der Waals surface area contributed by atoms with Gasteiger partial charge < -0.3 is 20.1 Å². The number of carbonyl (C=O) groups is 3. The van der Waals surface area contributed by atoms with Gasteiger partial charge >= 0.3 is 12.1 Å². The minimum Gasteiger partial charge on any atom is -0.480 e. The first-order valence-corrected chi connectivity index (χ1v) is 11.9. The predicted octanol–water partition coefficient (Wildman–Crippen LogP) is 4.65. The number of likely N-dealkylation sites (N-methyl/N-ethyl adjacent to an activating group) is 1. The van der Waals surface area contributed by atoms with Crippen LogP contribution < -0.4 is 5.32 Å². The van der Waals surface area contributed by atoms with Gasteiger partial charge in [0.2, 0.25) is 5.91 Å². The Bertz CT molecular complexity index is 1000. The number of hydrogen-bond donors (Lipinski definition) is 2. The normalized spacial score (nSPS) is 13.5. The van der Waals surface area contributed by atoms with Crippen LogP contribution in [0, 0.1) is 5.92 Å². The van der Waals surface area contributed by atoms with Crippen LogP contribution in [0.2, 0.25) is 0 Å². The zero-order valence-corrected chi connectivity index (χ0v) is 20.3. The molecule has 3 rings (SSSR count). The second-order valence-electron chi connectivity index (χ2n) is 9.14. The summed E-state index contributed by atoms with van der Waals surface area (Å²) in [4.78, 5) is 38.7. The molecular formula is C27H34N2O5. The summed E-state index contributed by atoms with van der Waals surface area (Å²) in [5.41, 5.74) is 3.24. The molecule has 0 bridgehead atoms. The highest BCUT2D eigenvalue weighted by Gasteiger charge is 2.39. The molecule has 0 fully saturated rings. The number of alkyl carbamates (subject to hydrolysis) is 1. The van der Waals surface area contributed by atoms with Gasteiger partial charge in [-0.1, -0.05) is 61.9 Å². The lowest BCUT2D eigenvalue weighted by atomic mass is 9.96. The summed E-state index contributed by atoms with van der Waals surface area (Å²) in [6, 6.07) is 16.2. The van der Waals surface area contributed by atoms with E-state index in [4.69, 9.17) is 4.74 Å². The van der Waals surface area contributed by atoms with Crippen LogP contribution in [0.1, 0.15) is 57.6 Å². The summed E-state index contributed by atoms with van der Waals surface area (Å²) in [6.07, 6.45) is 0.680. The number of carboxylic acids is 1. The lowest BCUT2D eigenvalue weighted by Gasteiger charge is -2.36. The third kappa shape index (κ3) is 5.08. The summed E-state index contributed by atoms with van der Waals surface area (Å²) in [5.74, 6) is -1.92. The quantitative estimate of drug-likeness (QED) is 0.531. The Labute approximate surface area is 201 Å². The van der Waals surface area contributed by atoms with Crippen molar-refractivity contribution >= 4 is 18.0 Å². The molecule has 2 aromatic rings. The van der Waals surface area contributed by atoms with Gasteiger partial charge in [-0.2, -0.15) is 0 Å². The Kier molecular flexibility index (Phi) is 7.97. The van der Waals surface area contributed by atoms with Crippen LogP contribution in [-0.4, -0.2) is 53.2 Å². The van der Waals surface area contributed by atoms with E-state index in [2.05, 4.69) is 29.6 Å². The average molecular weight is 467 g/mol. The Morgan fingerprint density at radius 3 is 2.09 bits per heavy atom. The fraction of sp³-hybridized carbons (Fsp3) is 0.444. The highest BCUT2D eigenvalue weighted by atomic mass is 16.5. The van der Waals surface area contributed by atoms with Crippen LogP contribution in [0.3, 0.4) is 0 Å². The van der Waals surface area contributed by atoms with E-state index in [1.807, 2.05) is 31.2 Å². The molecule has 0 aromatic heterocycles. The second-order valence-corrected chi connectivity index (χ2v) is 9.14. The lowest BCUT2D eigenvalue weighted by Crippen LogP contribution is -2.55. The van der Waals surface area contributed by atoms with Crippen LogP contribution in [0.15, 0.2) is 48.5 Å². The Balaban J connectivity index is 1.63. The molecule has 0 radical (unpaired) electrons. The zero-order chi connectivity index (χ0) is 24.9. The van der Waals surface area contributed by atoms with E-state index in [9.17, 15) is 19.5 Å². The Morgan fingerprint density at radius 1 is 1.03 bits per heavy atom. The molecule has 1 aliphatic carbocycles. The summed E-state index contributed by atoms with van der Waals surface area (Å²) < 4.78 is 5.57. The molecule has 2 aromatic carbocycles. The number of benzene rings is 2. The zero-order valence-electron chi connectivity index (χ0n) is 20.3. The maximum Gasteiger partial charge on any atom is 0.407 e. The molecule has 0 spiro atoms. The molecule has 0 saturated heterocycles. The first-order chi connectivity index (χ1) is 16.2. The fourth-order valence-corrected chi connectivity index (χ4v) is 4.68. The summed E-state index contributed by atoms with van der Waals surface area (Å²) in [7, 11) is 0. The van der Waals surface area contributed by atoms with Gasteiger partial charge in [-0.05, 0) is 49.4 Å². The smallest absolute Gasteiger partial charge is 0.407 e. The Hall–Kier alpha value is -3.35. The second kappa shape index (κ2) is 10.7. The monoisotopic (exact) mass is 466 g/mol.